The Labute approximate surface area is 118 Å². The van der Waals surface area contributed by atoms with Crippen LogP contribution in [-0.2, 0) is 9.53 Å². The number of carbonyl (C=O) groups excluding carboxylic acids is 1. The van der Waals surface area contributed by atoms with Gasteiger partial charge < -0.3 is 24.7 Å². The van der Waals surface area contributed by atoms with E-state index in [2.05, 4.69) is 0 Å². The molecule has 0 bridgehead atoms. The van der Waals surface area contributed by atoms with E-state index in [9.17, 15) is 14.7 Å². The summed E-state index contributed by atoms with van der Waals surface area (Å²) in [4.78, 5) is 26.5. The topological polar surface area (TPSA) is 90.3 Å². The summed E-state index contributed by atoms with van der Waals surface area (Å²) in [6.45, 7) is 3.71. The summed E-state index contributed by atoms with van der Waals surface area (Å²) in [6.07, 6.45) is 1.14. The molecule has 3 unspecified atom stereocenters. The van der Waals surface area contributed by atoms with Gasteiger partial charge in [-0.1, -0.05) is 0 Å². The minimum Gasteiger partial charge on any atom is -0.480 e. The van der Waals surface area contributed by atoms with Crippen molar-refractivity contribution < 1.29 is 24.5 Å². The summed E-state index contributed by atoms with van der Waals surface area (Å²) < 4.78 is 5.54. The average molecular weight is 286 g/mol. The number of ether oxygens (including phenoxy) is 1. The van der Waals surface area contributed by atoms with Gasteiger partial charge in [0.15, 0.2) is 0 Å². The smallest absolute Gasteiger partial charge is 0.326 e. The van der Waals surface area contributed by atoms with Gasteiger partial charge in [0.05, 0.1) is 12.2 Å². The van der Waals surface area contributed by atoms with Gasteiger partial charge in [0.25, 0.3) is 0 Å². The lowest BCUT2D eigenvalue weighted by atomic mass is 10.1. The number of urea groups is 1. The number of rotatable bonds is 3. The SMILES string of the molecule is CCOC1CCCN(C(=O)N2CC(O)CC2C(=O)O)C1. The van der Waals surface area contributed by atoms with Crippen molar-refractivity contribution in [3.8, 4) is 0 Å². The molecule has 2 rings (SSSR count). The molecule has 7 heteroatoms. The molecular weight excluding hydrogens is 264 g/mol. The van der Waals surface area contributed by atoms with Gasteiger partial charge in [-0.05, 0) is 19.8 Å². The first-order chi connectivity index (χ1) is 9.52. The Morgan fingerprint density at radius 2 is 2.10 bits per heavy atom. The maximum Gasteiger partial charge on any atom is 0.326 e. The van der Waals surface area contributed by atoms with E-state index in [0.29, 0.717) is 19.7 Å². The van der Waals surface area contributed by atoms with Crippen molar-refractivity contribution in [2.45, 2.75) is 44.4 Å². The van der Waals surface area contributed by atoms with Crippen LogP contribution in [0.15, 0.2) is 0 Å². The number of amides is 2. The summed E-state index contributed by atoms with van der Waals surface area (Å²) in [6, 6.07) is -1.23. The second kappa shape index (κ2) is 6.41. The number of carboxylic acid groups (broad SMARTS) is 1. The molecule has 2 aliphatic heterocycles. The first kappa shape index (κ1) is 15.1. The number of carbonyl (C=O) groups is 2. The molecular formula is C13H22N2O5. The molecule has 0 aromatic rings. The predicted octanol–water partition coefficient (Wildman–Crippen LogP) is 0.127. The number of piperidine rings is 1. The van der Waals surface area contributed by atoms with Crippen molar-refractivity contribution in [3.63, 3.8) is 0 Å². The Hall–Kier alpha value is -1.34. The number of β-amino-alcohol motifs (C(OH)–C–C–N with tert-alkyl or cyclic N) is 1. The molecule has 20 heavy (non-hydrogen) atoms. The number of aliphatic hydroxyl groups is 1. The monoisotopic (exact) mass is 286 g/mol. The molecule has 2 fully saturated rings. The number of aliphatic hydroxyl groups excluding tert-OH is 1. The standard InChI is InChI=1S/C13H22N2O5/c1-2-20-10-4-3-5-14(8-10)13(19)15-7-9(16)6-11(15)12(17)18/h9-11,16H,2-8H2,1H3,(H,17,18). The predicted molar refractivity (Wildman–Crippen MR) is 70.4 cm³/mol. The van der Waals surface area contributed by atoms with E-state index in [1.165, 1.54) is 4.90 Å². The zero-order chi connectivity index (χ0) is 14.7. The molecule has 0 spiro atoms. The van der Waals surface area contributed by atoms with E-state index in [4.69, 9.17) is 9.84 Å². The van der Waals surface area contributed by atoms with Crippen LogP contribution >= 0.6 is 0 Å². The van der Waals surface area contributed by atoms with Crippen LogP contribution in [0.1, 0.15) is 26.2 Å². The number of nitrogens with zero attached hydrogens (tertiary/aromatic N) is 2. The highest BCUT2D eigenvalue weighted by molar-refractivity contribution is 5.83. The lowest BCUT2D eigenvalue weighted by Gasteiger charge is -2.36. The number of hydrogen-bond donors (Lipinski definition) is 2. The highest BCUT2D eigenvalue weighted by Gasteiger charge is 2.41. The second-order valence-corrected chi connectivity index (χ2v) is 5.34. The van der Waals surface area contributed by atoms with Crippen LogP contribution in [0, 0.1) is 0 Å². The van der Waals surface area contributed by atoms with E-state index >= 15 is 0 Å². The highest BCUT2D eigenvalue weighted by Crippen LogP contribution is 2.22. The summed E-state index contributed by atoms with van der Waals surface area (Å²) in [5.41, 5.74) is 0. The third-order valence-electron chi connectivity index (χ3n) is 3.86. The van der Waals surface area contributed by atoms with Gasteiger partial charge in [-0.25, -0.2) is 9.59 Å². The van der Waals surface area contributed by atoms with Gasteiger partial charge in [0, 0.05) is 32.7 Å². The van der Waals surface area contributed by atoms with Crippen LogP contribution in [0.2, 0.25) is 0 Å². The van der Waals surface area contributed by atoms with Gasteiger partial charge in [0.2, 0.25) is 0 Å². The van der Waals surface area contributed by atoms with E-state index in [1.807, 2.05) is 6.92 Å². The van der Waals surface area contributed by atoms with Gasteiger partial charge >= 0.3 is 12.0 Å². The summed E-state index contributed by atoms with van der Waals surface area (Å²) in [5, 5.41) is 18.7. The van der Waals surface area contributed by atoms with Crippen molar-refractivity contribution in [2.24, 2.45) is 0 Å². The lowest BCUT2D eigenvalue weighted by Crippen LogP contribution is -2.52. The molecule has 3 atom stereocenters. The van der Waals surface area contributed by atoms with Gasteiger partial charge in [-0.2, -0.15) is 0 Å². The fourth-order valence-electron chi connectivity index (χ4n) is 2.92. The largest absolute Gasteiger partial charge is 0.480 e. The molecule has 0 radical (unpaired) electrons. The van der Waals surface area contributed by atoms with E-state index in [1.54, 1.807) is 4.90 Å². The zero-order valence-electron chi connectivity index (χ0n) is 11.7. The average Bonchev–Trinajstić information content (AvgIpc) is 2.81. The lowest BCUT2D eigenvalue weighted by molar-refractivity contribution is -0.141. The van der Waals surface area contributed by atoms with Crippen molar-refractivity contribution in [3.05, 3.63) is 0 Å². The van der Waals surface area contributed by atoms with Gasteiger partial charge in [0.1, 0.15) is 6.04 Å². The van der Waals surface area contributed by atoms with Crippen LogP contribution in [-0.4, -0.2) is 76.5 Å². The zero-order valence-corrected chi connectivity index (χ0v) is 11.7. The van der Waals surface area contributed by atoms with Crippen LogP contribution in [0.3, 0.4) is 0 Å². The van der Waals surface area contributed by atoms with E-state index < -0.39 is 18.1 Å². The molecule has 0 saturated carbocycles. The quantitative estimate of drug-likeness (QED) is 0.769. The fraction of sp³-hybridized carbons (Fsp3) is 0.846. The summed E-state index contributed by atoms with van der Waals surface area (Å²) in [7, 11) is 0. The van der Waals surface area contributed by atoms with Crippen LogP contribution < -0.4 is 0 Å². The molecule has 0 aromatic heterocycles. The Morgan fingerprint density at radius 1 is 1.35 bits per heavy atom. The number of carboxylic acids is 1. The molecule has 0 aromatic carbocycles. The Bertz CT molecular complexity index is 374. The maximum atomic E-state index is 12.4. The van der Waals surface area contributed by atoms with E-state index in [0.717, 1.165) is 12.8 Å². The molecule has 2 saturated heterocycles. The van der Waals surface area contributed by atoms with Crippen LogP contribution in [0.4, 0.5) is 4.79 Å². The first-order valence-electron chi connectivity index (χ1n) is 7.11. The van der Waals surface area contributed by atoms with Crippen LogP contribution in [0.25, 0.3) is 0 Å². The van der Waals surface area contributed by atoms with Crippen molar-refractivity contribution in [2.75, 3.05) is 26.2 Å². The minimum atomic E-state index is -1.06. The Morgan fingerprint density at radius 3 is 2.75 bits per heavy atom. The van der Waals surface area contributed by atoms with Crippen molar-refractivity contribution >= 4 is 12.0 Å². The normalized spacial score (nSPS) is 30.6. The molecule has 2 amide bonds. The van der Waals surface area contributed by atoms with E-state index in [-0.39, 0.29) is 25.1 Å². The molecule has 2 aliphatic rings. The molecule has 114 valence electrons. The van der Waals surface area contributed by atoms with Gasteiger partial charge in [-0.15, -0.1) is 0 Å². The maximum absolute atomic E-state index is 12.4. The fourth-order valence-corrected chi connectivity index (χ4v) is 2.92. The number of likely N-dealkylation sites (tertiary alicyclic amines) is 2. The van der Waals surface area contributed by atoms with Gasteiger partial charge in [-0.3, -0.25) is 0 Å². The van der Waals surface area contributed by atoms with Crippen LogP contribution in [0.5, 0.6) is 0 Å². The second-order valence-electron chi connectivity index (χ2n) is 5.34. The first-order valence-corrected chi connectivity index (χ1v) is 7.11. The molecule has 2 N–H and O–H groups in total. The third-order valence-corrected chi connectivity index (χ3v) is 3.86. The summed E-state index contributed by atoms with van der Waals surface area (Å²) in [5.74, 6) is -1.06. The Balaban J connectivity index is 2.00. The summed E-state index contributed by atoms with van der Waals surface area (Å²) >= 11 is 0. The molecule has 0 aliphatic carbocycles. The van der Waals surface area contributed by atoms with Crippen molar-refractivity contribution in [1.29, 1.82) is 0 Å². The van der Waals surface area contributed by atoms with Crippen molar-refractivity contribution in [1.82, 2.24) is 9.80 Å². The number of aliphatic carboxylic acids is 1. The minimum absolute atomic E-state index is 0.0218. The molecule has 7 nitrogen and oxygen atoms in total. The third kappa shape index (κ3) is 3.21. The Kier molecular flexibility index (Phi) is 4.82. The number of hydrogen-bond acceptors (Lipinski definition) is 4. The molecule has 2 heterocycles. The highest BCUT2D eigenvalue weighted by atomic mass is 16.5.